The van der Waals surface area contributed by atoms with Crippen LogP contribution in [0.4, 0.5) is 0 Å². The zero-order chi connectivity index (χ0) is 9.97. The van der Waals surface area contributed by atoms with Crippen molar-refractivity contribution < 1.29 is 0 Å². The molecule has 0 aliphatic carbocycles. The van der Waals surface area contributed by atoms with Gasteiger partial charge in [0.15, 0.2) is 0 Å². The second kappa shape index (κ2) is 3.89. The van der Waals surface area contributed by atoms with Gasteiger partial charge in [-0.15, -0.1) is 11.6 Å². The van der Waals surface area contributed by atoms with Gasteiger partial charge in [-0.05, 0) is 18.6 Å². The highest BCUT2D eigenvalue weighted by molar-refractivity contribution is 6.21. The Hall–Kier alpha value is -1.21. The standard InChI is InChI=1S/C12H12ClN/c1-9(13)6-7-10-8-14-12-5-3-2-4-11(10)12/h2-9,14H,1H3/b7-6+. The van der Waals surface area contributed by atoms with E-state index < -0.39 is 0 Å². The van der Waals surface area contributed by atoms with Crippen LogP contribution in [0.25, 0.3) is 17.0 Å². The molecular weight excluding hydrogens is 194 g/mol. The molecule has 0 fully saturated rings. The summed E-state index contributed by atoms with van der Waals surface area (Å²) >= 11 is 5.85. The molecule has 0 aliphatic heterocycles. The largest absolute Gasteiger partial charge is 0.361 e. The highest BCUT2D eigenvalue weighted by Gasteiger charge is 1.98. The third-order valence-corrected chi connectivity index (χ3v) is 2.31. The summed E-state index contributed by atoms with van der Waals surface area (Å²) < 4.78 is 0. The van der Waals surface area contributed by atoms with Crippen molar-refractivity contribution >= 4 is 28.6 Å². The molecule has 1 heterocycles. The lowest BCUT2D eigenvalue weighted by Gasteiger charge is -1.92. The lowest BCUT2D eigenvalue weighted by atomic mass is 10.1. The molecule has 0 radical (unpaired) electrons. The lowest BCUT2D eigenvalue weighted by molar-refractivity contribution is 1.24. The van der Waals surface area contributed by atoms with E-state index in [0.717, 1.165) is 5.52 Å². The van der Waals surface area contributed by atoms with Crippen LogP contribution in [0.3, 0.4) is 0 Å². The first kappa shape index (κ1) is 9.35. The molecule has 0 aliphatic rings. The van der Waals surface area contributed by atoms with Gasteiger partial charge >= 0.3 is 0 Å². The van der Waals surface area contributed by atoms with Gasteiger partial charge in [0.05, 0.1) is 0 Å². The van der Waals surface area contributed by atoms with Crippen molar-refractivity contribution in [3.8, 4) is 0 Å². The number of para-hydroxylation sites is 1. The van der Waals surface area contributed by atoms with Gasteiger partial charge < -0.3 is 4.98 Å². The maximum atomic E-state index is 5.85. The topological polar surface area (TPSA) is 15.8 Å². The Morgan fingerprint density at radius 2 is 2.14 bits per heavy atom. The fourth-order valence-electron chi connectivity index (χ4n) is 1.47. The number of rotatable bonds is 2. The van der Waals surface area contributed by atoms with Crippen molar-refractivity contribution in [1.82, 2.24) is 4.98 Å². The number of halogens is 1. The third kappa shape index (κ3) is 1.83. The second-order valence-corrected chi connectivity index (χ2v) is 4.01. The van der Waals surface area contributed by atoms with Crippen molar-refractivity contribution in [2.75, 3.05) is 0 Å². The van der Waals surface area contributed by atoms with Crippen molar-refractivity contribution in [3.05, 3.63) is 42.1 Å². The number of nitrogens with one attached hydrogen (secondary N) is 1. The van der Waals surface area contributed by atoms with Gasteiger partial charge in [-0.3, -0.25) is 0 Å². The molecule has 1 aromatic heterocycles. The van der Waals surface area contributed by atoms with Crippen LogP contribution in [0, 0.1) is 0 Å². The van der Waals surface area contributed by atoms with E-state index in [0.29, 0.717) is 0 Å². The first-order valence-corrected chi connectivity index (χ1v) is 5.09. The number of allylic oxidation sites excluding steroid dienone is 1. The maximum absolute atomic E-state index is 5.85. The molecule has 72 valence electrons. The average molecular weight is 206 g/mol. The minimum absolute atomic E-state index is 0.0728. The van der Waals surface area contributed by atoms with Crippen LogP contribution < -0.4 is 0 Å². The SMILES string of the molecule is CC(Cl)/C=C/c1c[nH]c2ccccc12. The first-order chi connectivity index (χ1) is 6.77. The van der Waals surface area contributed by atoms with E-state index in [9.17, 15) is 0 Å². The minimum Gasteiger partial charge on any atom is -0.361 e. The Morgan fingerprint density at radius 1 is 1.36 bits per heavy atom. The molecule has 1 atom stereocenters. The number of hydrogen-bond donors (Lipinski definition) is 1. The number of alkyl halides is 1. The predicted molar refractivity (Wildman–Crippen MR) is 62.6 cm³/mol. The zero-order valence-electron chi connectivity index (χ0n) is 8.00. The number of H-pyrrole nitrogens is 1. The molecule has 0 saturated carbocycles. The molecule has 0 saturated heterocycles. The lowest BCUT2D eigenvalue weighted by Crippen LogP contribution is -1.79. The summed E-state index contributed by atoms with van der Waals surface area (Å²) in [5.74, 6) is 0. The van der Waals surface area contributed by atoms with Gasteiger partial charge in [-0.1, -0.05) is 30.4 Å². The normalized spacial score (nSPS) is 13.9. The Labute approximate surface area is 88.4 Å². The number of aromatic nitrogens is 1. The fraction of sp³-hybridized carbons (Fsp3) is 0.167. The number of aromatic amines is 1. The predicted octanol–water partition coefficient (Wildman–Crippen LogP) is 3.81. The molecule has 0 spiro atoms. The van der Waals surface area contributed by atoms with Crippen LogP contribution >= 0.6 is 11.6 Å². The van der Waals surface area contributed by atoms with Crippen molar-refractivity contribution in [1.29, 1.82) is 0 Å². The second-order valence-electron chi connectivity index (χ2n) is 3.33. The van der Waals surface area contributed by atoms with Crippen LogP contribution in [-0.2, 0) is 0 Å². The van der Waals surface area contributed by atoms with Gasteiger partial charge in [-0.25, -0.2) is 0 Å². The number of hydrogen-bond acceptors (Lipinski definition) is 0. The van der Waals surface area contributed by atoms with Crippen molar-refractivity contribution in [3.63, 3.8) is 0 Å². The van der Waals surface area contributed by atoms with Crippen LogP contribution in [0.1, 0.15) is 12.5 Å². The molecule has 1 nitrogen and oxygen atoms in total. The van der Waals surface area contributed by atoms with E-state index in [1.54, 1.807) is 0 Å². The highest BCUT2D eigenvalue weighted by atomic mass is 35.5. The molecule has 14 heavy (non-hydrogen) atoms. The van der Waals surface area contributed by atoms with Crippen molar-refractivity contribution in [2.24, 2.45) is 0 Å². The van der Waals surface area contributed by atoms with Crippen LogP contribution in [0.15, 0.2) is 36.5 Å². The molecule has 2 rings (SSSR count). The maximum Gasteiger partial charge on any atom is 0.0491 e. The zero-order valence-corrected chi connectivity index (χ0v) is 8.75. The highest BCUT2D eigenvalue weighted by Crippen LogP contribution is 2.19. The molecule has 0 bridgehead atoms. The first-order valence-electron chi connectivity index (χ1n) is 4.66. The molecule has 1 unspecified atom stereocenters. The summed E-state index contributed by atoms with van der Waals surface area (Å²) in [5.41, 5.74) is 2.35. The van der Waals surface area contributed by atoms with Crippen molar-refractivity contribution in [2.45, 2.75) is 12.3 Å². The Morgan fingerprint density at radius 3 is 2.93 bits per heavy atom. The summed E-state index contributed by atoms with van der Waals surface area (Å²) in [6.07, 6.45) is 6.04. The van der Waals surface area contributed by atoms with E-state index in [4.69, 9.17) is 11.6 Å². The van der Waals surface area contributed by atoms with Gasteiger partial charge in [0, 0.05) is 22.5 Å². The average Bonchev–Trinajstić information content (AvgIpc) is 2.58. The van der Waals surface area contributed by atoms with Crippen LogP contribution in [0.5, 0.6) is 0 Å². The fourth-order valence-corrected chi connectivity index (χ4v) is 1.54. The summed E-state index contributed by atoms with van der Waals surface area (Å²) in [5, 5.41) is 1.31. The van der Waals surface area contributed by atoms with Crippen LogP contribution in [0.2, 0.25) is 0 Å². The van der Waals surface area contributed by atoms with E-state index in [1.165, 1.54) is 10.9 Å². The Kier molecular flexibility index (Phi) is 2.60. The molecule has 0 amide bonds. The summed E-state index contributed by atoms with van der Waals surface area (Å²) in [6, 6.07) is 8.23. The molecule has 1 aromatic carbocycles. The van der Waals surface area contributed by atoms with Gasteiger partial charge in [0.25, 0.3) is 0 Å². The molecule has 2 heteroatoms. The smallest absolute Gasteiger partial charge is 0.0491 e. The summed E-state index contributed by atoms with van der Waals surface area (Å²) in [6.45, 7) is 1.95. The molecular formula is C12H12ClN. The monoisotopic (exact) mass is 205 g/mol. The van der Waals surface area contributed by atoms with Gasteiger partial charge in [-0.2, -0.15) is 0 Å². The Balaban J connectivity index is 2.43. The molecule has 1 N–H and O–H groups in total. The summed E-state index contributed by atoms with van der Waals surface area (Å²) in [4.78, 5) is 3.22. The van der Waals surface area contributed by atoms with Gasteiger partial charge in [0.2, 0.25) is 0 Å². The van der Waals surface area contributed by atoms with E-state index in [1.807, 2.05) is 31.3 Å². The van der Waals surface area contributed by atoms with E-state index in [2.05, 4.69) is 23.2 Å². The Bertz CT molecular complexity index is 454. The van der Waals surface area contributed by atoms with Crippen LogP contribution in [-0.4, -0.2) is 10.4 Å². The quantitative estimate of drug-likeness (QED) is 0.718. The molecule has 2 aromatic rings. The number of benzene rings is 1. The third-order valence-electron chi connectivity index (χ3n) is 2.16. The van der Waals surface area contributed by atoms with E-state index in [-0.39, 0.29) is 5.38 Å². The number of fused-ring (bicyclic) bond motifs is 1. The van der Waals surface area contributed by atoms with E-state index >= 15 is 0 Å². The summed E-state index contributed by atoms with van der Waals surface area (Å²) in [7, 11) is 0. The minimum atomic E-state index is 0.0728. The van der Waals surface area contributed by atoms with Gasteiger partial charge in [0.1, 0.15) is 0 Å².